The lowest BCUT2D eigenvalue weighted by Gasteiger charge is -2.24. The molecule has 0 saturated carbocycles. The van der Waals surface area contributed by atoms with Crippen LogP contribution in [0.4, 0.5) is 10.5 Å². The zero-order valence-electron chi connectivity index (χ0n) is 11.8. The average Bonchev–Trinajstić information content (AvgIpc) is 2.79. The van der Waals surface area contributed by atoms with E-state index in [9.17, 15) is 9.90 Å². The Kier molecular flexibility index (Phi) is 4.10. The van der Waals surface area contributed by atoms with E-state index in [-0.39, 0.29) is 24.6 Å². The summed E-state index contributed by atoms with van der Waals surface area (Å²) in [7, 11) is 0. The number of benzene rings is 1. The average molecular weight is 262 g/mol. The van der Waals surface area contributed by atoms with Crippen molar-refractivity contribution in [1.82, 2.24) is 4.90 Å². The van der Waals surface area contributed by atoms with Crippen molar-refractivity contribution < 1.29 is 9.90 Å². The monoisotopic (exact) mass is 262 g/mol. The maximum atomic E-state index is 12.4. The molecule has 0 radical (unpaired) electrons. The fourth-order valence-electron chi connectivity index (χ4n) is 2.51. The molecular weight excluding hydrogens is 240 g/mol. The third kappa shape index (κ3) is 2.59. The molecule has 104 valence electrons. The lowest BCUT2D eigenvalue weighted by atomic mass is 9.99. The van der Waals surface area contributed by atoms with Crippen LogP contribution in [0.5, 0.6) is 0 Å². The summed E-state index contributed by atoms with van der Waals surface area (Å²) in [6, 6.07) is 8.12. The maximum Gasteiger partial charge on any atom is 0.324 e. The maximum absolute atomic E-state index is 12.4. The van der Waals surface area contributed by atoms with Gasteiger partial charge in [0.25, 0.3) is 0 Å². The van der Waals surface area contributed by atoms with Gasteiger partial charge in [-0.2, -0.15) is 0 Å². The summed E-state index contributed by atoms with van der Waals surface area (Å²) in [5, 5.41) is 9.35. The van der Waals surface area contributed by atoms with Crippen LogP contribution in [0.15, 0.2) is 24.3 Å². The van der Waals surface area contributed by atoms with Gasteiger partial charge >= 0.3 is 6.03 Å². The van der Waals surface area contributed by atoms with Crippen molar-refractivity contribution in [2.45, 2.75) is 32.7 Å². The van der Waals surface area contributed by atoms with Crippen molar-refractivity contribution in [3.05, 3.63) is 29.8 Å². The molecule has 4 heteroatoms. The highest BCUT2D eigenvalue weighted by atomic mass is 16.3. The number of hydrogen-bond donors (Lipinski definition) is 1. The molecule has 0 aromatic heterocycles. The van der Waals surface area contributed by atoms with Crippen molar-refractivity contribution in [1.29, 1.82) is 0 Å². The predicted octanol–water partition coefficient (Wildman–Crippen LogP) is 2.43. The Bertz CT molecular complexity index is 459. The lowest BCUT2D eigenvalue weighted by Crippen LogP contribution is -2.36. The molecule has 1 aromatic rings. The van der Waals surface area contributed by atoms with Gasteiger partial charge in [0, 0.05) is 37.3 Å². The van der Waals surface area contributed by atoms with E-state index in [0.29, 0.717) is 6.54 Å². The Labute approximate surface area is 114 Å². The van der Waals surface area contributed by atoms with Crippen LogP contribution in [0, 0.1) is 0 Å². The first kappa shape index (κ1) is 13.9. The molecule has 1 fully saturated rings. The van der Waals surface area contributed by atoms with Gasteiger partial charge in [-0.1, -0.05) is 25.1 Å². The molecule has 4 nitrogen and oxygen atoms in total. The summed E-state index contributed by atoms with van der Waals surface area (Å²) >= 11 is 0. The zero-order chi connectivity index (χ0) is 14.0. The van der Waals surface area contributed by atoms with Crippen molar-refractivity contribution in [2.24, 2.45) is 0 Å². The van der Waals surface area contributed by atoms with E-state index in [1.807, 2.05) is 54.8 Å². The van der Waals surface area contributed by atoms with E-state index in [1.165, 1.54) is 0 Å². The van der Waals surface area contributed by atoms with Gasteiger partial charge in [-0.05, 0) is 25.5 Å². The van der Waals surface area contributed by atoms with E-state index in [2.05, 4.69) is 0 Å². The number of hydrogen-bond acceptors (Lipinski definition) is 2. The molecule has 1 N–H and O–H groups in total. The Morgan fingerprint density at radius 1 is 1.21 bits per heavy atom. The number of carbonyl (C=O) groups is 1. The van der Waals surface area contributed by atoms with Gasteiger partial charge < -0.3 is 10.0 Å². The molecule has 0 aliphatic carbocycles. The van der Waals surface area contributed by atoms with Crippen LogP contribution in [0.2, 0.25) is 0 Å². The number of aliphatic hydroxyl groups is 1. The number of urea groups is 1. The van der Waals surface area contributed by atoms with Gasteiger partial charge in [-0.15, -0.1) is 0 Å². The second-order valence-electron chi connectivity index (χ2n) is 5.36. The van der Waals surface area contributed by atoms with E-state index in [1.54, 1.807) is 0 Å². The third-order valence-electron chi connectivity index (χ3n) is 3.70. The van der Waals surface area contributed by atoms with Crippen molar-refractivity contribution in [2.75, 3.05) is 24.6 Å². The molecule has 0 bridgehead atoms. The van der Waals surface area contributed by atoms with Crippen LogP contribution in [-0.2, 0) is 0 Å². The predicted molar refractivity (Wildman–Crippen MR) is 76.5 cm³/mol. The van der Waals surface area contributed by atoms with E-state index >= 15 is 0 Å². The normalized spacial score (nSPS) is 17.4. The first-order valence-electron chi connectivity index (χ1n) is 6.84. The summed E-state index contributed by atoms with van der Waals surface area (Å²) in [5.41, 5.74) is 1.96. The summed E-state index contributed by atoms with van der Waals surface area (Å²) in [6.45, 7) is 7.60. The molecule has 1 aliphatic heterocycles. The number of nitrogens with zero attached hydrogens (tertiary/aromatic N) is 2. The molecule has 1 heterocycles. The highest BCUT2D eigenvalue weighted by molar-refractivity contribution is 5.95. The van der Waals surface area contributed by atoms with Crippen LogP contribution in [0.3, 0.4) is 0 Å². The van der Waals surface area contributed by atoms with Gasteiger partial charge in [0.15, 0.2) is 0 Å². The first-order valence-corrected chi connectivity index (χ1v) is 6.84. The Hall–Kier alpha value is -1.55. The van der Waals surface area contributed by atoms with Crippen LogP contribution < -0.4 is 4.90 Å². The minimum atomic E-state index is 0.0390. The molecule has 1 aliphatic rings. The van der Waals surface area contributed by atoms with Gasteiger partial charge in [0.1, 0.15) is 0 Å². The molecule has 1 atom stereocenters. The summed E-state index contributed by atoms with van der Waals surface area (Å²) in [4.78, 5) is 16.1. The standard InChI is InChI=1S/C15H22N2O2/c1-11(2)16-8-9-17(15(16)19)14-7-5-4-6-13(14)12(3)10-18/h4-7,11-12,18H,8-10H2,1-3H3. The number of carbonyl (C=O) groups excluding carboxylic acids is 1. The van der Waals surface area contributed by atoms with E-state index < -0.39 is 0 Å². The van der Waals surface area contributed by atoms with Gasteiger partial charge in [0.05, 0.1) is 0 Å². The smallest absolute Gasteiger partial charge is 0.324 e. The SMILES string of the molecule is CC(CO)c1ccccc1N1CCN(C(C)C)C1=O. The summed E-state index contributed by atoms with van der Waals surface area (Å²) in [6.07, 6.45) is 0. The highest BCUT2D eigenvalue weighted by Gasteiger charge is 2.32. The van der Waals surface area contributed by atoms with E-state index in [4.69, 9.17) is 0 Å². The summed E-state index contributed by atoms with van der Waals surface area (Å²) < 4.78 is 0. The molecule has 2 amide bonds. The van der Waals surface area contributed by atoms with Crippen LogP contribution in [0.25, 0.3) is 0 Å². The second-order valence-corrected chi connectivity index (χ2v) is 5.36. The van der Waals surface area contributed by atoms with Crippen molar-refractivity contribution in [3.8, 4) is 0 Å². The largest absolute Gasteiger partial charge is 0.396 e. The fourth-order valence-corrected chi connectivity index (χ4v) is 2.51. The minimum Gasteiger partial charge on any atom is -0.396 e. The number of aliphatic hydroxyl groups excluding tert-OH is 1. The first-order chi connectivity index (χ1) is 9.06. The van der Waals surface area contributed by atoms with Crippen LogP contribution >= 0.6 is 0 Å². The minimum absolute atomic E-state index is 0.0390. The number of para-hydroxylation sites is 1. The van der Waals surface area contributed by atoms with Gasteiger partial charge in [-0.25, -0.2) is 4.79 Å². The van der Waals surface area contributed by atoms with Gasteiger partial charge in [-0.3, -0.25) is 4.90 Å². The molecule has 1 saturated heterocycles. The number of rotatable bonds is 4. The third-order valence-corrected chi connectivity index (χ3v) is 3.70. The number of anilines is 1. The molecule has 1 unspecified atom stereocenters. The fraction of sp³-hybridized carbons (Fsp3) is 0.533. The van der Waals surface area contributed by atoms with Crippen LogP contribution in [-0.4, -0.2) is 41.8 Å². The van der Waals surface area contributed by atoms with Gasteiger partial charge in [0.2, 0.25) is 0 Å². The highest BCUT2D eigenvalue weighted by Crippen LogP contribution is 2.30. The van der Waals surface area contributed by atoms with Crippen LogP contribution in [0.1, 0.15) is 32.3 Å². The number of amides is 2. The van der Waals surface area contributed by atoms with Crippen molar-refractivity contribution in [3.63, 3.8) is 0 Å². The molecule has 1 aromatic carbocycles. The molecule has 19 heavy (non-hydrogen) atoms. The lowest BCUT2D eigenvalue weighted by molar-refractivity contribution is 0.209. The zero-order valence-corrected chi connectivity index (χ0v) is 11.8. The quantitative estimate of drug-likeness (QED) is 0.905. The van der Waals surface area contributed by atoms with Crippen molar-refractivity contribution >= 4 is 11.7 Å². The Morgan fingerprint density at radius 2 is 1.89 bits per heavy atom. The molecule has 0 spiro atoms. The van der Waals surface area contributed by atoms with E-state index in [0.717, 1.165) is 17.8 Å². The summed E-state index contributed by atoms with van der Waals surface area (Å²) in [5.74, 6) is 0.0390. The second kappa shape index (κ2) is 5.61. The molecule has 2 rings (SSSR count). The Balaban J connectivity index is 2.31. The topological polar surface area (TPSA) is 43.8 Å². The molecular formula is C15H22N2O2. The Morgan fingerprint density at radius 3 is 2.47 bits per heavy atom.